The maximum atomic E-state index is 12.2. The summed E-state index contributed by atoms with van der Waals surface area (Å²) in [5, 5.41) is 10.3. The van der Waals surface area contributed by atoms with E-state index in [1.54, 1.807) is 0 Å². The number of nitrogens with zero attached hydrogens (tertiary/aromatic N) is 2. The molecule has 2 aliphatic rings. The van der Waals surface area contributed by atoms with Gasteiger partial charge in [0, 0.05) is 29.6 Å². The van der Waals surface area contributed by atoms with Crippen LogP contribution in [0.4, 0.5) is 5.69 Å². The predicted octanol–water partition coefficient (Wildman–Crippen LogP) is 4.28. The number of para-hydroxylation sites is 1. The van der Waals surface area contributed by atoms with Crippen molar-refractivity contribution in [2.75, 3.05) is 24.7 Å². The molecule has 1 amide bonds. The molecule has 3 aromatic rings. The molecular weight excluding hydrogens is 364 g/mol. The van der Waals surface area contributed by atoms with Gasteiger partial charge in [0.1, 0.15) is 12.4 Å². The topological polar surface area (TPSA) is 62.7 Å². The molecule has 2 heterocycles. The van der Waals surface area contributed by atoms with Gasteiger partial charge in [-0.2, -0.15) is 0 Å². The zero-order valence-corrected chi connectivity index (χ0v) is 16.3. The first-order valence-electron chi connectivity index (χ1n) is 10.3. The van der Waals surface area contributed by atoms with Crippen LogP contribution in [0.3, 0.4) is 0 Å². The molecule has 1 saturated carbocycles. The fourth-order valence-electron chi connectivity index (χ4n) is 4.16. The molecule has 1 aliphatic heterocycles. The highest BCUT2D eigenvalue weighted by Crippen LogP contribution is 2.45. The lowest BCUT2D eigenvalue weighted by Gasteiger charge is -2.18. The third-order valence-corrected chi connectivity index (χ3v) is 5.74. The molecule has 5 heteroatoms. The Bertz CT molecular complexity index is 1070. The van der Waals surface area contributed by atoms with Crippen LogP contribution >= 0.6 is 0 Å². The van der Waals surface area contributed by atoms with Crippen molar-refractivity contribution in [3.8, 4) is 17.0 Å². The van der Waals surface area contributed by atoms with E-state index < -0.39 is 0 Å². The van der Waals surface area contributed by atoms with E-state index in [1.165, 1.54) is 18.4 Å². The number of amides is 1. The van der Waals surface area contributed by atoms with Crippen LogP contribution < -0.4 is 9.64 Å². The Hall–Kier alpha value is -2.92. The van der Waals surface area contributed by atoms with Crippen molar-refractivity contribution in [1.82, 2.24) is 4.98 Å². The van der Waals surface area contributed by atoms with E-state index in [-0.39, 0.29) is 19.1 Å². The predicted molar refractivity (Wildman–Crippen MR) is 113 cm³/mol. The lowest BCUT2D eigenvalue weighted by Crippen LogP contribution is -2.23. The molecule has 0 radical (unpaired) electrons. The van der Waals surface area contributed by atoms with E-state index in [1.807, 2.05) is 41.3 Å². The molecule has 1 aromatic heterocycles. The number of hydrogen-bond acceptors (Lipinski definition) is 4. The Morgan fingerprint density at radius 1 is 1.14 bits per heavy atom. The normalized spacial score (nSPS) is 16.6. The van der Waals surface area contributed by atoms with Crippen molar-refractivity contribution in [3.05, 3.63) is 54.1 Å². The average molecular weight is 388 g/mol. The van der Waals surface area contributed by atoms with Gasteiger partial charge in [-0.3, -0.25) is 4.79 Å². The highest BCUT2D eigenvalue weighted by molar-refractivity contribution is 5.98. The van der Waals surface area contributed by atoms with Gasteiger partial charge in [-0.1, -0.05) is 12.1 Å². The Morgan fingerprint density at radius 2 is 2.00 bits per heavy atom. The molecule has 2 fully saturated rings. The molecule has 0 spiro atoms. The van der Waals surface area contributed by atoms with Gasteiger partial charge in [-0.25, -0.2) is 4.98 Å². The molecule has 148 valence electrons. The fraction of sp³-hybridized carbons (Fsp3) is 0.333. The molecule has 0 atom stereocenters. The first-order chi connectivity index (χ1) is 14.2. The summed E-state index contributed by atoms with van der Waals surface area (Å²) >= 11 is 0. The molecule has 0 unspecified atom stereocenters. The largest absolute Gasteiger partial charge is 0.490 e. The number of aromatic nitrogens is 1. The SMILES string of the molecule is O=C1CCCN1c1ccc2nc(-c3ccccc3OCCO)cc(C3CC3)c2c1. The van der Waals surface area contributed by atoms with Crippen LogP contribution in [0.2, 0.25) is 0 Å². The number of aliphatic hydroxyl groups is 1. The Balaban J connectivity index is 1.61. The van der Waals surface area contributed by atoms with Crippen molar-refractivity contribution in [2.45, 2.75) is 31.6 Å². The summed E-state index contributed by atoms with van der Waals surface area (Å²) in [6.07, 6.45) is 3.94. The number of benzene rings is 2. The number of aliphatic hydroxyl groups excluding tert-OH is 1. The highest BCUT2D eigenvalue weighted by atomic mass is 16.5. The number of carbonyl (C=O) groups is 1. The standard InChI is InChI=1S/C24H24N2O3/c27-12-13-29-23-5-2-1-4-18(23)22-15-19(16-7-8-16)20-14-17(9-10-21(20)25-22)26-11-3-6-24(26)28/h1-2,4-5,9-10,14-16,27H,3,6-8,11-13H2. The Kier molecular flexibility index (Phi) is 4.68. The number of pyridine rings is 1. The first kappa shape index (κ1) is 18.1. The quantitative estimate of drug-likeness (QED) is 0.685. The number of fused-ring (bicyclic) bond motifs is 1. The molecule has 2 aromatic carbocycles. The molecule has 0 bridgehead atoms. The van der Waals surface area contributed by atoms with E-state index in [0.29, 0.717) is 12.3 Å². The van der Waals surface area contributed by atoms with Crippen LogP contribution in [0, 0.1) is 0 Å². The zero-order chi connectivity index (χ0) is 19.8. The zero-order valence-electron chi connectivity index (χ0n) is 16.3. The van der Waals surface area contributed by atoms with Gasteiger partial charge >= 0.3 is 0 Å². The third kappa shape index (κ3) is 3.47. The number of rotatable bonds is 6. The van der Waals surface area contributed by atoms with E-state index in [2.05, 4.69) is 12.1 Å². The van der Waals surface area contributed by atoms with Crippen LogP contribution in [0.15, 0.2) is 48.5 Å². The summed E-state index contributed by atoms with van der Waals surface area (Å²) in [6, 6.07) is 16.2. The summed E-state index contributed by atoms with van der Waals surface area (Å²) in [6.45, 7) is 1.03. The van der Waals surface area contributed by atoms with Crippen LogP contribution in [-0.4, -0.2) is 35.8 Å². The number of anilines is 1. The smallest absolute Gasteiger partial charge is 0.227 e. The van der Waals surface area contributed by atoms with Crippen molar-refractivity contribution < 1.29 is 14.6 Å². The summed E-state index contributed by atoms with van der Waals surface area (Å²) in [4.78, 5) is 19.0. The second-order valence-electron chi connectivity index (χ2n) is 7.79. The monoisotopic (exact) mass is 388 g/mol. The van der Waals surface area contributed by atoms with Crippen LogP contribution in [0.25, 0.3) is 22.2 Å². The van der Waals surface area contributed by atoms with Crippen molar-refractivity contribution >= 4 is 22.5 Å². The third-order valence-electron chi connectivity index (χ3n) is 5.74. The molecule has 1 saturated heterocycles. The average Bonchev–Trinajstić information content (AvgIpc) is 3.51. The fourth-order valence-corrected chi connectivity index (χ4v) is 4.16. The van der Waals surface area contributed by atoms with Crippen LogP contribution in [0.5, 0.6) is 5.75 Å². The molecule has 1 aliphatic carbocycles. The number of ether oxygens (including phenoxy) is 1. The molecular formula is C24H24N2O3. The van der Waals surface area contributed by atoms with E-state index in [9.17, 15) is 4.79 Å². The minimum Gasteiger partial charge on any atom is -0.490 e. The molecule has 5 rings (SSSR count). The van der Waals surface area contributed by atoms with Crippen molar-refractivity contribution in [1.29, 1.82) is 0 Å². The van der Waals surface area contributed by atoms with E-state index in [4.69, 9.17) is 14.8 Å². The van der Waals surface area contributed by atoms with Gasteiger partial charge in [-0.05, 0) is 67.1 Å². The van der Waals surface area contributed by atoms with Gasteiger partial charge in [0.05, 0.1) is 17.8 Å². The van der Waals surface area contributed by atoms with Gasteiger partial charge in [0.25, 0.3) is 0 Å². The van der Waals surface area contributed by atoms with Crippen LogP contribution in [-0.2, 0) is 4.79 Å². The summed E-state index contributed by atoms with van der Waals surface area (Å²) in [5.74, 6) is 1.49. The minimum atomic E-state index is -0.0230. The molecule has 1 N–H and O–H groups in total. The lowest BCUT2D eigenvalue weighted by atomic mass is 10.00. The molecule has 5 nitrogen and oxygen atoms in total. The summed E-state index contributed by atoms with van der Waals surface area (Å²) in [5.41, 5.74) is 5.04. The van der Waals surface area contributed by atoms with Gasteiger partial charge in [0.15, 0.2) is 0 Å². The second kappa shape index (κ2) is 7.48. The summed E-state index contributed by atoms with van der Waals surface area (Å²) in [7, 11) is 0. The van der Waals surface area contributed by atoms with Gasteiger partial charge in [-0.15, -0.1) is 0 Å². The minimum absolute atomic E-state index is 0.0230. The Morgan fingerprint density at radius 3 is 2.76 bits per heavy atom. The van der Waals surface area contributed by atoms with Gasteiger partial charge in [0.2, 0.25) is 5.91 Å². The number of hydrogen-bond donors (Lipinski definition) is 1. The maximum absolute atomic E-state index is 12.2. The first-order valence-corrected chi connectivity index (χ1v) is 10.3. The van der Waals surface area contributed by atoms with Crippen molar-refractivity contribution in [2.24, 2.45) is 0 Å². The van der Waals surface area contributed by atoms with E-state index >= 15 is 0 Å². The molecule has 29 heavy (non-hydrogen) atoms. The van der Waals surface area contributed by atoms with E-state index in [0.717, 1.165) is 46.6 Å². The lowest BCUT2D eigenvalue weighted by molar-refractivity contribution is -0.117. The highest BCUT2D eigenvalue weighted by Gasteiger charge is 2.28. The summed E-state index contributed by atoms with van der Waals surface area (Å²) < 4.78 is 5.73. The second-order valence-corrected chi connectivity index (χ2v) is 7.79. The van der Waals surface area contributed by atoms with Gasteiger partial charge < -0.3 is 14.7 Å². The maximum Gasteiger partial charge on any atom is 0.227 e. The Labute approximate surface area is 169 Å². The number of carbonyl (C=O) groups excluding carboxylic acids is 1. The van der Waals surface area contributed by atoms with Crippen LogP contribution in [0.1, 0.15) is 37.2 Å². The van der Waals surface area contributed by atoms with Crippen molar-refractivity contribution in [3.63, 3.8) is 0 Å².